The van der Waals surface area contributed by atoms with E-state index in [1.54, 1.807) is 27.7 Å². The molecule has 1 aliphatic heterocycles. The minimum absolute atomic E-state index is 0.0506. The van der Waals surface area contributed by atoms with Crippen LogP contribution in [0.4, 0.5) is 4.79 Å². The van der Waals surface area contributed by atoms with Crippen LogP contribution in [0.2, 0.25) is 0 Å². The van der Waals surface area contributed by atoms with Gasteiger partial charge in [-0.25, -0.2) is 9.59 Å². The minimum atomic E-state index is -0.672. The predicted octanol–water partition coefficient (Wildman–Crippen LogP) is 1.08. The van der Waals surface area contributed by atoms with Crippen LogP contribution in [-0.4, -0.2) is 55.0 Å². The fourth-order valence-corrected chi connectivity index (χ4v) is 3.19. The lowest BCUT2D eigenvalue weighted by molar-refractivity contribution is -0.135. The summed E-state index contributed by atoms with van der Waals surface area (Å²) in [4.78, 5) is 63.6. The van der Waals surface area contributed by atoms with Crippen molar-refractivity contribution in [2.24, 2.45) is 0 Å². The van der Waals surface area contributed by atoms with Crippen LogP contribution in [0.1, 0.15) is 33.3 Å². The molecule has 0 aliphatic carbocycles. The Labute approximate surface area is 179 Å². The Morgan fingerprint density at radius 2 is 1.29 bits per heavy atom. The largest absolute Gasteiger partial charge is 0.494 e. The molecule has 0 spiro atoms. The van der Waals surface area contributed by atoms with Gasteiger partial charge in [-0.2, -0.15) is 0 Å². The lowest BCUT2D eigenvalue weighted by atomic mass is 10.1. The fraction of sp³-hybridized carbons (Fsp3) is 0.381. The molecule has 1 aromatic rings. The number of carbonyl (C=O) groups is 3. The summed E-state index contributed by atoms with van der Waals surface area (Å²) in [6, 6.07) is -0.644. The zero-order chi connectivity index (χ0) is 23.3. The van der Waals surface area contributed by atoms with E-state index in [2.05, 4.69) is 0 Å². The molecule has 0 aromatic carbocycles. The predicted molar refractivity (Wildman–Crippen MR) is 114 cm³/mol. The van der Waals surface area contributed by atoms with Crippen molar-refractivity contribution in [2.45, 2.75) is 40.8 Å². The number of imide groups is 2. The maximum absolute atomic E-state index is 12.4. The summed E-state index contributed by atoms with van der Waals surface area (Å²) >= 11 is 0. The van der Waals surface area contributed by atoms with Gasteiger partial charge in [0.05, 0.1) is 0 Å². The molecule has 0 unspecified atom stereocenters. The van der Waals surface area contributed by atoms with Gasteiger partial charge in [0.15, 0.2) is 0 Å². The Balaban J connectivity index is 2.36. The van der Waals surface area contributed by atoms with Crippen molar-refractivity contribution >= 4 is 23.9 Å². The maximum atomic E-state index is 12.4. The molecule has 0 atom stereocenters. The monoisotopic (exact) mass is 430 g/mol. The summed E-state index contributed by atoms with van der Waals surface area (Å²) in [5, 5.41) is 10.3. The molecule has 0 bridgehead atoms. The molecule has 2 heterocycles. The van der Waals surface area contributed by atoms with Crippen LogP contribution >= 0.6 is 0 Å². The van der Waals surface area contributed by atoms with Crippen LogP contribution in [0.5, 0.6) is 5.88 Å². The van der Waals surface area contributed by atoms with Crippen LogP contribution in [0, 0.1) is 0 Å². The van der Waals surface area contributed by atoms with E-state index >= 15 is 0 Å². The van der Waals surface area contributed by atoms with Gasteiger partial charge < -0.3 is 5.11 Å². The average Bonchev–Trinajstić information content (AvgIpc) is 2.73. The van der Waals surface area contributed by atoms with E-state index in [1.807, 2.05) is 0 Å². The molecule has 1 fully saturated rings. The number of aromatic hydroxyl groups is 1. The third kappa shape index (κ3) is 4.27. The van der Waals surface area contributed by atoms with Gasteiger partial charge in [0, 0.05) is 26.2 Å². The number of allylic oxidation sites excluding steroid dienone is 4. The zero-order valence-electron chi connectivity index (χ0n) is 18.0. The standard InChI is InChI=1S/C21H26N4O6/c1-5-22-16(26)14(17(27)23(6-2)20(22)30)12-10-9-11-13-15-18(28)24(7-3)21(31)25(8-4)19(15)29/h9-13,26H,5-8H2,1-4H3/b11-9+,12-10+. The number of hydrogen-bond donors (Lipinski definition) is 1. The second kappa shape index (κ2) is 9.88. The van der Waals surface area contributed by atoms with Gasteiger partial charge in [0.25, 0.3) is 17.4 Å². The van der Waals surface area contributed by atoms with Gasteiger partial charge in [0.2, 0.25) is 5.88 Å². The van der Waals surface area contributed by atoms with Gasteiger partial charge in [0.1, 0.15) is 11.1 Å². The minimum Gasteiger partial charge on any atom is -0.494 e. The molecule has 10 nitrogen and oxygen atoms in total. The fourth-order valence-electron chi connectivity index (χ4n) is 3.19. The van der Waals surface area contributed by atoms with Gasteiger partial charge in [-0.15, -0.1) is 0 Å². The molecule has 0 radical (unpaired) electrons. The quantitative estimate of drug-likeness (QED) is 0.392. The zero-order valence-corrected chi connectivity index (χ0v) is 18.0. The van der Waals surface area contributed by atoms with E-state index in [9.17, 15) is 29.1 Å². The van der Waals surface area contributed by atoms with Crippen molar-refractivity contribution in [3.8, 4) is 5.88 Å². The third-order valence-corrected chi connectivity index (χ3v) is 4.86. The summed E-state index contributed by atoms with van der Waals surface area (Å²) < 4.78 is 2.11. The second-order valence-electron chi connectivity index (χ2n) is 6.52. The highest BCUT2D eigenvalue weighted by Crippen LogP contribution is 2.17. The Morgan fingerprint density at radius 1 is 0.742 bits per heavy atom. The molecule has 10 heteroatoms. The summed E-state index contributed by atoms with van der Waals surface area (Å²) in [6.45, 7) is 7.23. The molecule has 1 aliphatic rings. The number of rotatable bonds is 7. The number of nitrogens with zero attached hydrogens (tertiary/aromatic N) is 4. The first kappa shape index (κ1) is 23.6. The first-order valence-corrected chi connectivity index (χ1v) is 10.0. The van der Waals surface area contributed by atoms with E-state index in [-0.39, 0.29) is 37.3 Å². The number of likely N-dealkylation sites (N-methyl/N-ethyl adjacent to an activating group) is 2. The lowest BCUT2D eigenvalue weighted by Crippen LogP contribution is -2.56. The van der Waals surface area contributed by atoms with Crippen LogP contribution < -0.4 is 11.2 Å². The Bertz CT molecular complexity index is 1080. The van der Waals surface area contributed by atoms with Gasteiger partial charge in [-0.3, -0.25) is 33.3 Å². The molecule has 1 N–H and O–H groups in total. The maximum Gasteiger partial charge on any atom is 0.333 e. The number of barbiturate groups is 1. The molecule has 166 valence electrons. The van der Waals surface area contributed by atoms with Crippen molar-refractivity contribution in [1.82, 2.24) is 18.9 Å². The number of urea groups is 1. The van der Waals surface area contributed by atoms with E-state index in [1.165, 1.54) is 30.4 Å². The summed E-state index contributed by atoms with van der Waals surface area (Å²) in [5.74, 6) is -1.78. The highest BCUT2D eigenvalue weighted by Gasteiger charge is 2.39. The molecular weight excluding hydrogens is 404 g/mol. The van der Waals surface area contributed by atoms with E-state index in [4.69, 9.17) is 0 Å². The molecule has 2 rings (SSSR count). The van der Waals surface area contributed by atoms with E-state index in [0.29, 0.717) is 0 Å². The van der Waals surface area contributed by atoms with Crippen LogP contribution in [-0.2, 0) is 22.7 Å². The number of carbonyl (C=O) groups excluding carboxylic acids is 3. The molecule has 31 heavy (non-hydrogen) atoms. The van der Waals surface area contributed by atoms with Crippen molar-refractivity contribution < 1.29 is 19.5 Å². The van der Waals surface area contributed by atoms with Crippen LogP contribution in [0.25, 0.3) is 6.08 Å². The Morgan fingerprint density at radius 3 is 1.77 bits per heavy atom. The number of hydrogen-bond acceptors (Lipinski definition) is 6. The smallest absolute Gasteiger partial charge is 0.333 e. The number of aromatic nitrogens is 2. The van der Waals surface area contributed by atoms with E-state index < -0.39 is 35.0 Å². The van der Waals surface area contributed by atoms with Gasteiger partial charge in [-0.1, -0.05) is 18.2 Å². The van der Waals surface area contributed by atoms with Crippen molar-refractivity contribution in [3.63, 3.8) is 0 Å². The Kier molecular flexibility index (Phi) is 7.51. The molecular formula is C21H26N4O6. The highest BCUT2D eigenvalue weighted by molar-refractivity contribution is 6.28. The number of amides is 4. The van der Waals surface area contributed by atoms with Gasteiger partial charge in [-0.05, 0) is 39.8 Å². The summed E-state index contributed by atoms with van der Waals surface area (Å²) in [7, 11) is 0. The van der Waals surface area contributed by atoms with Crippen molar-refractivity contribution in [1.29, 1.82) is 0 Å². The third-order valence-electron chi connectivity index (χ3n) is 4.86. The summed E-state index contributed by atoms with van der Waals surface area (Å²) in [6.07, 6.45) is 6.96. The SMILES string of the molecule is CCN1C(=O)C(=C/C=C/C=C/c2c(O)n(CC)c(=O)n(CC)c2=O)C(=O)N(CC)C1=O. The van der Waals surface area contributed by atoms with Crippen molar-refractivity contribution in [2.75, 3.05) is 13.1 Å². The molecule has 1 saturated heterocycles. The second-order valence-corrected chi connectivity index (χ2v) is 6.52. The first-order chi connectivity index (χ1) is 14.7. The normalized spacial score (nSPS) is 15.1. The topological polar surface area (TPSA) is 122 Å². The van der Waals surface area contributed by atoms with E-state index in [0.717, 1.165) is 18.9 Å². The van der Waals surface area contributed by atoms with Crippen LogP contribution in [0.3, 0.4) is 0 Å². The highest BCUT2D eigenvalue weighted by atomic mass is 16.3. The van der Waals surface area contributed by atoms with Gasteiger partial charge >= 0.3 is 11.7 Å². The molecule has 1 aromatic heterocycles. The summed E-state index contributed by atoms with van der Waals surface area (Å²) in [5.41, 5.74) is -1.41. The van der Waals surface area contributed by atoms with Crippen molar-refractivity contribution in [3.05, 3.63) is 56.3 Å². The first-order valence-electron chi connectivity index (χ1n) is 10.0. The molecule has 0 saturated carbocycles. The van der Waals surface area contributed by atoms with Crippen LogP contribution in [0.15, 0.2) is 39.5 Å². The molecule has 4 amide bonds. The Hall–Kier alpha value is -3.69. The lowest BCUT2D eigenvalue weighted by Gasteiger charge is -2.32. The average molecular weight is 430 g/mol.